The summed E-state index contributed by atoms with van der Waals surface area (Å²) in [5.41, 5.74) is 0. The van der Waals surface area contributed by atoms with Crippen LogP contribution in [-0.4, -0.2) is 22.2 Å². The second-order valence-corrected chi connectivity index (χ2v) is 6.25. The van der Waals surface area contributed by atoms with Crippen LogP contribution in [0.1, 0.15) is 51.4 Å². The lowest BCUT2D eigenvalue weighted by atomic mass is 10.1. The summed E-state index contributed by atoms with van der Waals surface area (Å²) in [6.45, 7) is 0. The van der Waals surface area contributed by atoms with Crippen molar-refractivity contribution < 1.29 is 5.11 Å². The van der Waals surface area contributed by atoms with E-state index < -0.39 is 0 Å². The third-order valence-corrected chi connectivity index (χ3v) is 4.95. The fraction of sp³-hybridized carbons (Fsp3) is 1.00. The second-order valence-electron chi connectivity index (χ2n) is 4.91. The molecular formula is C12H22OS. The molecule has 2 saturated carbocycles. The van der Waals surface area contributed by atoms with Gasteiger partial charge in [-0.1, -0.05) is 25.7 Å². The van der Waals surface area contributed by atoms with Gasteiger partial charge in [0.1, 0.15) is 0 Å². The van der Waals surface area contributed by atoms with E-state index in [2.05, 4.69) is 0 Å². The number of hydrogen-bond acceptors (Lipinski definition) is 2. The van der Waals surface area contributed by atoms with Crippen LogP contribution >= 0.6 is 11.8 Å². The zero-order valence-corrected chi connectivity index (χ0v) is 9.77. The number of hydrogen-bond donors (Lipinski definition) is 1. The van der Waals surface area contributed by atoms with E-state index in [1.54, 1.807) is 0 Å². The van der Waals surface area contributed by atoms with Crippen LogP contribution in [0.2, 0.25) is 0 Å². The lowest BCUT2D eigenvalue weighted by Gasteiger charge is -2.13. The van der Waals surface area contributed by atoms with Crippen LogP contribution in [0.3, 0.4) is 0 Å². The maximum atomic E-state index is 9.77. The maximum absolute atomic E-state index is 9.77. The lowest BCUT2D eigenvalue weighted by molar-refractivity contribution is 0.183. The van der Waals surface area contributed by atoms with Crippen molar-refractivity contribution in [1.82, 2.24) is 0 Å². The first-order valence-corrected chi connectivity index (χ1v) is 7.19. The van der Waals surface area contributed by atoms with E-state index in [-0.39, 0.29) is 6.10 Å². The first-order valence-electron chi connectivity index (χ1n) is 6.14. The standard InChI is InChI=1S/C12H22OS/c13-11(8-7-10-5-6-10)9-14-12-3-1-2-4-12/h10-13H,1-9H2. The van der Waals surface area contributed by atoms with E-state index in [0.717, 1.165) is 23.3 Å². The van der Waals surface area contributed by atoms with Gasteiger partial charge in [0.25, 0.3) is 0 Å². The second kappa shape index (κ2) is 5.41. The molecule has 2 rings (SSSR count). The summed E-state index contributed by atoms with van der Waals surface area (Å²) in [5, 5.41) is 10.6. The lowest BCUT2D eigenvalue weighted by Crippen LogP contribution is -2.12. The fourth-order valence-electron chi connectivity index (χ4n) is 2.22. The molecule has 2 fully saturated rings. The Hall–Kier alpha value is 0.310. The Bertz CT molecular complexity index is 162. The number of aliphatic hydroxyl groups excluding tert-OH is 1. The van der Waals surface area contributed by atoms with E-state index in [0.29, 0.717) is 0 Å². The van der Waals surface area contributed by atoms with Crippen LogP contribution < -0.4 is 0 Å². The molecule has 82 valence electrons. The van der Waals surface area contributed by atoms with Crippen LogP contribution in [0.25, 0.3) is 0 Å². The highest BCUT2D eigenvalue weighted by molar-refractivity contribution is 7.99. The molecule has 0 amide bonds. The van der Waals surface area contributed by atoms with Crippen LogP contribution in [0.5, 0.6) is 0 Å². The van der Waals surface area contributed by atoms with Crippen molar-refractivity contribution in [3.05, 3.63) is 0 Å². The average Bonchev–Trinajstić information content (AvgIpc) is 2.87. The summed E-state index contributed by atoms with van der Waals surface area (Å²) in [4.78, 5) is 0. The van der Waals surface area contributed by atoms with Crippen molar-refractivity contribution in [2.75, 3.05) is 5.75 Å². The van der Waals surface area contributed by atoms with Gasteiger partial charge in [-0.05, 0) is 31.6 Å². The van der Waals surface area contributed by atoms with E-state index >= 15 is 0 Å². The van der Waals surface area contributed by atoms with E-state index in [4.69, 9.17) is 0 Å². The largest absolute Gasteiger partial charge is 0.392 e. The van der Waals surface area contributed by atoms with Gasteiger partial charge in [-0.3, -0.25) is 0 Å². The molecule has 1 nitrogen and oxygen atoms in total. The van der Waals surface area contributed by atoms with Crippen molar-refractivity contribution in [1.29, 1.82) is 0 Å². The van der Waals surface area contributed by atoms with Crippen molar-refractivity contribution in [3.63, 3.8) is 0 Å². The Balaban J connectivity index is 1.50. The highest BCUT2D eigenvalue weighted by Crippen LogP contribution is 2.35. The van der Waals surface area contributed by atoms with E-state index in [1.165, 1.54) is 44.9 Å². The molecule has 0 aromatic heterocycles. The predicted molar refractivity (Wildman–Crippen MR) is 62.7 cm³/mol. The number of thioether (sulfide) groups is 1. The van der Waals surface area contributed by atoms with Crippen molar-refractivity contribution in [3.8, 4) is 0 Å². The molecule has 2 heteroatoms. The third-order valence-electron chi connectivity index (χ3n) is 3.43. The molecule has 0 bridgehead atoms. The Labute approximate surface area is 91.7 Å². The highest BCUT2D eigenvalue weighted by Gasteiger charge is 2.22. The molecule has 0 heterocycles. The highest BCUT2D eigenvalue weighted by atomic mass is 32.2. The van der Waals surface area contributed by atoms with Gasteiger partial charge >= 0.3 is 0 Å². The monoisotopic (exact) mass is 214 g/mol. The first kappa shape index (κ1) is 10.8. The summed E-state index contributed by atoms with van der Waals surface area (Å²) < 4.78 is 0. The van der Waals surface area contributed by atoms with Gasteiger partial charge in [-0.15, -0.1) is 0 Å². The van der Waals surface area contributed by atoms with Gasteiger partial charge in [-0.2, -0.15) is 11.8 Å². The Morgan fingerprint density at radius 2 is 1.86 bits per heavy atom. The molecule has 0 aliphatic heterocycles. The molecule has 1 N–H and O–H groups in total. The molecule has 0 aromatic rings. The smallest absolute Gasteiger partial charge is 0.0630 e. The molecule has 0 aromatic carbocycles. The van der Waals surface area contributed by atoms with Gasteiger partial charge in [0.05, 0.1) is 6.10 Å². The fourth-order valence-corrected chi connectivity index (χ4v) is 3.55. The third kappa shape index (κ3) is 3.82. The quantitative estimate of drug-likeness (QED) is 0.732. The first-order chi connectivity index (χ1) is 6.84. The predicted octanol–water partition coefficient (Wildman–Crippen LogP) is 3.21. The van der Waals surface area contributed by atoms with Gasteiger partial charge in [-0.25, -0.2) is 0 Å². The van der Waals surface area contributed by atoms with Crippen LogP contribution in [0.4, 0.5) is 0 Å². The van der Waals surface area contributed by atoms with Crippen molar-refractivity contribution in [2.24, 2.45) is 5.92 Å². The van der Waals surface area contributed by atoms with Gasteiger partial charge in [0, 0.05) is 11.0 Å². The van der Waals surface area contributed by atoms with Crippen LogP contribution in [-0.2, 0) is 0 Å². The summed E-state index contributed by atoms with van der Waals surface area (Å²) >= 11 is 2.01. The zero-order chi connectivity index (χ0) is 9.80. The summed E-state index contributed by atoms with van der Waals surface area (Å²) in [6, 6.07) is 0. The van der Waals surface area contributed by atoms with E-state index in [1.807, 2.05) is 11.8 Å². The minimum Gasteiger partial charge on any atom is -0.392 e. The van der Waals surface area contributed by atoms with Gasteiger partial charge in [0.2, 0.25) is 0 Å². The molecular weight excluding hydrogens is 192 g/mol. The Morgan fingerprint density at radius 1 is 1.14 bits per heavy atom. The topological polar surface area (TPSA) is 20.2 Å². The van der Waals surface area contributed by atoms with Gasteiger partial charge < -0.3 is 5.11 Å². The molecule has 1 atom stereocenters. The normalized spacial score (nSPS) is 25.5. The zero-order valence-electron chi connectivity index (χ0n) is 8.95. The molecule has 0 radical (unpaired) electrons. The molecule has 2 aliphatic rings. The molecule has 14 heavy (non-hydrogen) atoms. The number of aliphatic hydroxyl groups is 1. The van der Waals surface area contributed by atoms with Crippen LogP contribution in [0, 0.1) is 5.92 Å². The molecule has 0 saturated heterocycles. The maximum Gasteiger partial charge on any atom is 0.0630 e. The Morgan fingerprint density at radius 3 is 2.50 bits per heavy atom. The minimum atomic E-state index is -0.0267. The Kier molecular flexibility index (Phi) is 4.18. The van der Waals surface area contributed by atoms with Crippen LogP contribution in [0.15, 0.2) is 0 Å². The molecule has 1 unspecified atom stereocenters. The van der Waals surface area contributed by atoms with Crippen molar-refractivity contribution in [2.45, 2.75) is 62.7 Å². The van der Waals surface area contributed by atoms with Crippen molar-refractivity contribution >= 4 is 11.8 Å². The number of rotatable bonds is 6. The summed E-state index contributed by atoms with van der Waals surface area (Å²) in [6.07, 6.45) is 10.7. The average molecular weight is 214 g/mol. The summed E-state index contributed by atoms with van der Waals surface area (Å²) in [5.74, 6) is 1.96. The molecule has 0 spiro atoms. The minimum absolute atomic E-state index is 0.0267. The summed E-state index contributed by atoms with van der Waals surface area (Å²) in [7, 11) is 0. The SMILES string of the molecule is OC(CCC1CC1)CSC1CCCC1. The molecule has 2 aliphatic carbocycles. The van der Waals surface area contributed by atoms with Gasteiger partial charge in [0.15, 0.2) is 0 Å². The van der Waals surface area contributed by atoms with E-state index in [9.17, 15) is 5.11 Å².